The number of benzene rings is 1. The first-order chi connectivity index (χ1) is 12.0. The van der Waals surface area contributed by atoms with Crippen LogP contribution in [0.5, 0.6) is 0 Å². The first kappa shape index (κ1) is 17.5. The molecule has 2 amide bonds. The van der Waals surface area contributed by atoms with E-state index in [0.29, 0.717) is 32.6 Å². The average molecular weight is 361 g/mol. The second-order valence-corrected chi connectivity index (χ2v) is 7.16. The summed E-state index contributed by atoms with van der Waals surface area (Å²) >= 11 is 1.54. The zero-order valence-corrected chi connectivity index (χ0v) is 14.9. The Hall–Kier alpha value is -2.28. The van der Waals surface area contributed by atoms with Gasteiger partial charge in [0.2, 0.25) is 11.8 Å². The third-order valence-corrected chi connectivity index (χ3v) is 5.07. The number of amides is 2. The Morgan fingerprint density at radius 1 is 1.04 bits per heavy atom. The van der Waals surface area contributed by atoms with Crippen LogP contribution in [-0.2, 0) is 22.4 Å². The normalized spacial score (nSPS) is 14.6. The van der Waals surface area contributed by atoms with E-state index in [-0.39, 0.29) is 24.1 Å². The summed E-state index contributed by atoms with van der Waals surface area (Å²) in [7, 11) is 0. The summed E-state index contributed by atoms with van der Waals surface area (Å²) in [6.45, 7) is 4.06. The van der Waals surface area contributed by atoms with Crippen molar-refractivity contribution in [2.45, 2.75) is 19.8 Å². The summed E-state index contributed by atoms with van der Waals surface area (Å²) in [6, 6.07) is 5.98. The fraction of sp³-hybridized carbons (Fsp3) is 0.389. The van der Waals surface area contributed by atoms with Crippen molar-refractivity contribution in [3.05, 3.63) is 51.7 Å². The summed E-state index contributed by atoms with van der Waals surface area (Å²) in [5.41, 5.74) is 1.60. The summed E-state index contributed by atoms with van der Waals surface area (Å²) < 4.78 is 12.9. The quantitative estimate of drug-likeness (QED) is 0.838. The van der Waals surface area contributed by atoms with Gasteiger partial charge in [0.05, 0.1) is 23.5 Å². The van der Waals surface area contributed by atoms with Crippen molar-refractivity contribution < 1.29 is 14.0 Å². The van der Waals surface area contributed by atoms with E-state index in [2.05, 4.69) is 4.98 Å². The molecule has 0 saturated carbocycles. The number of aromatic nitrogens is 1. The number of thiazole rings is 1. The van der Waals surface area contributed by atoms with Crippen LogP contribution >= 0.6 is 11.3 Å². The highest BCUT2D eigenvalue weighted by Gasteiger charge is 2.24. The first-order valence-electron chi connectivity index (χ1n) is 8.22. The maximum absolute atomic E-state index is 12.9. The van der Waals surface area contributed by atoms with Gasteiger partial charge in [-0.15, -0.1) is 11.3 Å². The molecule has 25 heavy (non-hydrogen) atoms. The molecule has 0 spiro atoms. The lowest BCUT2D eigenvalue weighted by molar-refractivity contribution is -0.138. The van der Waals surface area contributed by atoms with Crippen LogP contribution in [0.15, 0.2) is 29.6 Å². The number of piperazine rings is 1. The molecule has 2 aromatic rings. The van der Waals surface area contributed by atoms with Crippen molar-refractivity contribution in [1.82, 2.24) is 14.8 Å². The Balaban J connectivity index is 1.48. The standard InChI is InChI=1S/C18H20FN3O2S/c1-13-20-16(12-25-13)11-18(24)22-8-6-21(7-9-22)17(23)10-14-2-4-15(19)5-3-14/h2-5,12H,6-11H2,1H3. The highest BCUT2D eigenvalue weighted by molar-refractivity contribution is 7.09. The number of hydrogen-bond acceptors (Lipinski definition) is 4. The Labute approximate surface area is 150 Å². The molecule has 1 aliphatic heterocycles. The number of hydrogen-bond donors (Lipinski definition) is 0. The third kappa shape index (κ3) is 4.63. The van der Waals surface area contributed by atoms with Crippen LogP contribution in [0.1, 0.15) is 16.3 Å². The monoisotopic (exact) mass is 361 g/mol. The molecular weight excluding hydrogens is 341 g/mol. The number of halogens is 1. The Kier molecular flexibility index (Phi) is 5.43. The van der Waals surface area contributed by atoms with Gasteiger partial charge in [0.25, 0.3) is 0 Å². The Morgan fingerprint density at radius 3 is 2.12 bits per heavy atom. The van der Waals surface area contributed by atoms with Crippen molar-refractivity contribution in [3.63, 3.8) is 0 Å². The molecule has 1 saturated heterocycles. The lowest BCUT2D eigenvalue weighted by Gasteiger charge is -2.34. The maximum Gasteiger partial charge on any atom is 0.228 e. The van der Waals surface area contributed by atoms with E-state index < -0.39 is 0 Å². The third-order valence-electron chi connectivity index (χ3n) is 4.25. The van der Waals surface area contributed by atoms with Crippen molar-refractivity contribution in [3.8, 4) is 0 Å². The average Bonchev–Trinajstić information content (AvgIpc) is 3.02. The van der Waals surface area contributed by atoms with Gasteiger partial charge in [0.1, 0.15) is 5.82 Å². The highest BCUT2D eigenvalue weighted by atomic mass is 32.1. The molecule has 0 unspecified atom stereocenters. The van der Waals surface area contributed by atoms with Gasteiger partial charge in [-0.05, 0) is 24.6 Å². The Bertz CT molecular complexity index is 752. The van der Waals surface area contributed by atoms with E-state index in [1.165, 1.54) is 12.1 Å². The molecule has 0 aliphatic carbocycles. The van der Waals surface area contributed by atoms with E-state index in [1.54, 1.807) is 33.3 Å². The van der Waals surface area contributed by atoms with Crippen molar-refractivity contribution in [2.24, 2.45) is 0 Å². The van der Waals surface area contributed by atoms with E-state index >= 15 is 0 Å². The summed E-state index contributed by atoms with van der Waals surface area (Å²) in [4.78, 5) is 32.5. The molecular formula is C18H20FN3O2S. The number of aryl methyl sites for hydroxylation is 1. The largest absolute Gasteiger partial charge is 0.339 e. The van der Waals surface area contributed by atoms with Gasteiger partial charge in [-0.1, -0.05) is 12.1 Å². The molecule has 7 heteroatoms. The zero-order valence-electron chi connectivity index (χ0n) is 14.1. The minimum absolute atomic E-state index is 0.00818. The zero-order chi connectivity index (χ0) is 17.8. The molecule has 0 atom stereocenters. The van der Waals surface area contributed by atoms with Crippen LogP contribution in [0, 0.1) is 12.7 Å². The topological polar surface area (TPSA) is 53.5 Å². The number of carbonyl (C=O) groups excluding carboxylic acids is 2. The maximum atomic E-state index is 12.9. The molecule has 0 radical (unpaired) electrons. The summed E-state index contributed by atoms with van der Waals surface area (Å²) in [6.07, 6.45) is 0.570. The number of nitrogens with zero attached hydrogens (tertiary/aromatic N) is 3. The van der Waals surface area contributed by atoms with Crippen molar-refractivity contribution in [2.75, 3.05) is 26.2 Å². The molecule has 0 bridgehead atoms. The SMILES string of the molecule is Cc1nc(CC(=O)N2CCN(C(=O)Cc3ccc(F)cc3)CC2)cs1. The van der Waals surface area contributed by atoms with Crippen LogP contribution in [0.3, 0.4) is 0 Å². The smallest absolute Gasteiger partial charge is 0.228 e. The minimum Gasteiger partial charge on any atom is -0.339 e. The molecule has 5 nitrogen and oxygen atoms in total. The number of rotatable bonds is 4. The van der Waals surface area contributed by atoms with Crippen LogP contribution < -0.4 is 0 Å². The van der Waals surface area contributed by atoms with Gasteiger partial charge in [-0.2, -0.15) is 0 Å². The second kappa shape index (κ2) is 7.74. The fourth-order valence-corrected chi connectivity index (χ4v) is 3.46. The summed E-state index contributed by atoms with van der Waals surface area (Å²) in [5, 5.41) is 2.87. The molecule has 1 aromatic carbocycles. The van der Waals surface area contributed by atoms with Gasteiger partial charge in [0.15, 0.2) is 0 Å². The second-order valence-electron chi connectivity index (χ2n) is 6.10. The minimum atomic E-state index is -0.307. The number of carbonyl (C=O) groups is 2. The van der Waals surface area contributed by atoms with E-state index in [9.17, 15) is 14.0 Å². The Morgan fingerprint density at radius 2 is 1.60 bits per heavy atom. The van der Waals surface area contributed by atoms with E-state index in [1.807, 2.05) is 12.3 Å². The molecule has 132 valence electrons. The fourth-order valence-electron chi connectivity index (χ4n) is 2.85. The van der Waals surface area contributed by atoms with E-state index in [0.717, 1.165) is 16.3 Å². The predicted molar refractivity (Wildman–Crippen MR) is 93.8 cm³/mol. The van der Waals surface area contributed by atoms with Crippen molar-refractivity contribution >= 4 is 23.2 Å². The molecule has 0 N–H and O–H groups in total. The van der Waals surface area contributed by atoms with E-state index in [4.69, 9.17) is 0 Å². The highest BCUT2D eigenvalue weighted by Crippen LogP contribution is 2.12. The molecule has 1 fully saturated rings. The van der Waals surface area contributed by atoms with Gasteiger partial charge in [-0.3, -0.25) is 9.59 Å². The van der Waals surface area contributed by atoms with Gasteiger partial charge in [-0.25, -0.2) is 9.37 Å². The van der Waals surface area contributed by atoms with Crippen LogP contribution in [0.2, 0.25) is 0 Å². The van der Waals surface area contributed by atoms with Gasteiger partial charge >= 0.3 is 0 Å². The lowest BCUT2D eigenvalue weighted by Crippen LogP contribution is -2.51. The van der Waals surface area contributed by atoms with Crippen LogP contribution in [0.4, 0.5) is 4.39 Å². The predicted octanol–water partition coefficient (Wildman–Crippen LogP) is 2.05. The molecule has 1 aromatic heterocycles. The van der Waals surface area contributed by atoms with Gasteiger partial charge in [0, 0.05) is 31.6 Å². The van der Waals surface area contributed by atoms with Gasteiger partial charge < -0.3 is 9.80 Å². The molecule has 1 aliphatic rings. The van der Waals surface area contributed by atoms with Crippen molar-refractivity contribution in [1.29, 1.82) is 0 Å². The lowest BCUT2D eigenvalue weighted by atomic mass is 10.1. The van der Waals surface area contributed by atoms with Crippen LogP contribution in [-0.4, -0.2) is 52.8 Å². The van der Waals surface area contributed by atoms with Crippen LogP contribution in [0.25, 0.3) is 0 Å². The first-order valence-corrected chi connectivity index (χ1v) is 9.10. The summed E-state index contributed by atoms with van der Waals surface area (Å²) in [5.74, 6) is -0.247. The molecule has 2 heterocycles. The molecule has 3 rings (SSSR count).